The number of hydrogen-bond donors (Lipinski definition) is 0. The lowest BCUT2D eigenvalue weighted by Crippen LogP contribution is -2.51. The predicted octanol–water partition coefficient (Wildman–Crippen LogP) is 1.54. The summed E-state index contributed by atoms with van der Waals surface area (Å²) in [6, 6.07) is 8.15. The monoisotopic (exact) mass is 371 g/mol. The summed E-state index contributed by atoms with van der Waals surface area (Å²) >= 11 is 0. The van der Waals surface area contributed by atoms with Crippen molar-refractivity contribution in [3.05, 3.63) is 29.8 Å². The average Bonchev–Trinajstić information content (AvgIpc) is 3.28. The van der Waals surface area contributed by atoms with Crippen LogP contribution < -0.4 is 4.90 Å². The van der Waals surface area contributed by atoms with Crippen LogP contribution in [0.25, 0.3) is 0 Å². The highest BCUT2D eigenvalue weighted by atomic mass is 16.5. The number of carbonyl (C=O) groups excluding carboxylic acids is 2. The number of carbonyl (C=O) groups is 2. The third-order valence-corrected chi connectivity index (χ3v) is 6.37. The quantitative estimate of drug-likeness (QED) is 0.788. The van der Waals surface area contributed by atoms with Crippen LogP contribution in [0.2, 0.25) is 0 Å². The Hall–Kier alpha value is -1.92. The second-order valence-electron chi connectivity index (χ2n) is 8.05. The first kappa shape index (κ1) is 18.4. The fraction of sp³-hybridized carbons (Fsp3) is 0.619. The van der Waals surface area contributed by atoms with Crippen molar-refractivity contribution < 1.29 is 14.3 Å². The molecule has 1 spiro atoms. The Balaban J connectivity index is 1.38. The van der Waals surface area contributed by atoms with Gasteiger partial charge in [-0.1, -0.05) is 18.2 Å². The van der Waals surface area contributed by atoms with Crippen molar-refractivity contribution in [2.75, 3.05) is 57.9 Å². The number of likely N-dealkylation sites (tertiary alicyclic amines) is 2. The summed E-state index contributed by atoms with van der Waals surface area (Å²) in [5.74, 6) is 0.406. The van der Waals surface area contributed by atoms with Gasteiger partial charge in [-0.15, -0.1) is 0 Å². The molecule has 3 aliphatic heterocycles. The summed E-state index contributed by atoms with van der Waals surface area (Å²) < 4.78 is 5.15. The fourth-order valence-electron chi connectivity index (χ4n) is 4.91. The zero-order chi connectivity index (χ0) is 18.9. The highest BCUT2D eigenvalue weighted by Crippen LogP contribution is 2.40. The second kappa shape index (κ2) is 7.60. The van der Waals surface area contributed by atoms with Gasteiger partial charge in [0.25, 0.3) is 0 Å². The second-order valence-corrected chi connectivity index (χ2v) is 8.05. The van der Waals surface area contributed by atoms with Gasteiger partial charge in [-0.05, 0) is 43.9 Å². The molecule has 1 aromatic rings. The molecule has 0 radical (unpaired) electrons. The first-order valence-corrected chi connectivity index (χ1v) is 10.0. The van der Waals surface area contributed by atoms with Crippen LogP contribution in [0.5, 0.6) is 0 Å². The molecule has 6 nitrogen and oxygen atoms in total. The Morgan fingerprint density at radius 2 is 2.04 bits per heavy atom. The van der Waals surface area contributed by atoms with E-state index < -0.39 is 0 Å². The smallest absolute Gasteiger partial charge is 0.241 e. The van der Waals surface area contributed by atoms with E-state index in [1.165, 1.54) is 5.56 Å². The number of amides is 2. The highest BCUT2D eigenvalue weighted by molar-refractivity contribution is 5.97. The van der Waals surface area contributed by atoms with Crippen LogP contribution in [-0.2, 0) is 20.7 Å². The van der Waals surface area contributed by atoms with Crippen molar-refractivity contribution in [2.24, 2.45) is 5.41 Å². The molecule has 0 aliphatic carbocycles. The van der Waals surface area contributed by atoms with Gasteiger partial charge in [0, 0.05) is 39.0 Å². The van der Waals surface area contributed by atoms with Gasteiger partial charge < -0.3 is 14.5 Å². The van der Waals surface area contributed by atoms with Crippen molar-refractivity contribution >= 4 is 17.5 Å². The van der Waals surface area contributed by atoms with E-state index in [9.17, 15) is 9.59 Å². The summed E-state index contributed by atoms with van der Waals surface area (Å²) in [5.41, 5.74) is 2.01. The molecule has 3 aliphatic rings. The summed E-state index contributed by atoms with van der Waals surface area (Å²) in [6.07, 6.45) is 3.77. The highest BCUT2D eigenvalue weighted by Gasteiger charge is 2.48. The molecule has 27 heavy (non-hydrogen) atoms. The SMILES string of the molecule is COCCN1CCC[C@]2(CCN(CC(=O)N3CCc4ccccc43)C2)C1=O. The lowest BCUT2D eigenvalue weighted by atomic mass is 9.78. The van der Waals surface area contributed by atoms with Gasteiger partial charge in [-0.2, -0.15) is 0 Å². The van der Waals surface area contributed by atoms with Gasteiger partial charge in [-0.3, -0.25) is 14.5 Å². The van der Waals surface area contributed by atoms with E-state index in [1.54, 1.807) is 7.11 Å². The largest absolute Gasteiger partial charge is 0.383 e. The van der Waals surface area contributed by atoms with Gasteiger partial charge in [-0.25, -0.2) is 0 Å². The van der Waals surface area contributed by atoms with E-state index in [1.807, 2.05) is 28.0 Å². The van der Waals surface area contributed by atoms with E-state index in [0.29, 0.717) is 26.2 Å². The molecule has 3 heterocycles. The molecular weight excluding hydrogens is 342 g/mol. The van der Waals surface area contributed by atoms with Crippen LogP contribution >= 0.6 is 0 Å². The molecule has 0 saturated carbocycles. The normalized spacial score (nSPS) is 25.4. The van der Waals surface area contributed by atoms with E-state index in [4.69, 9.17) is 4.74 Å². The van der Waals surface area contributed by atoms with Gasteiger partial charge in [0.05, 0.1) is 18.6 Å². The van der Waals surface area contributed by atoms with E-state index in [2.05, 4.69) is 11.0 Å². The molecule has 0 aromatic heterocycles. The Bertz CT molecular complexity index is 722. The van der Waals surface area contributed by atoms with Crippen LogP contribution in [0.3, 0.4) is 0 Å². The molecule has 0 bridgehead atoms. The van der Waals surface area contributed by atoms with Crippen molar-refractivity contribution in [3.8, 4) is 0 Å². The number of fused-ring (bicyclic) bond motifs is 1. The Kier molecular flexibility index (Phi) is 5.19. The van der Waals surface area contributed by atoms with E-state index >= 15 is 0 Å². The summed E-state index contributed by atoms with van der Waals surface area (Å²) in [4.78, 5) is 32.0. The zero-order valence-corrected chi connectivity index (χ0v) is 16.2. The summed E-state index contributed by atoms with van der Waals surface area (Å²) in [5, 5.41) is 0. The lowest BCUT2D eigenvalue weighted by molar-refractivity contribution is -0.146. The zero-order valence-electron chi connectivity index (χ0n) is 16.2. The topological polar surface area (TPSA) is 53.1 Å². The number of hydrogen-bond acceptors (Lipinski definition) is 4. The third kappa shape index (κ3) is 3.48. The van der Waals surface area contributed by atoms with Crippen molar-refractivity contribution in [1.82, 2.24) is 9.80 Å². The molecule has 1 aromatic carbocycles. The van der Waals surface area contributed by atoms with Crippen LogP contribution in [0.1, 0.15) is 24.8 Å². The number of nitrogens with zero attached hydrogens (tertiary/aromatic N) is 3. The number of rotatable bonds is 5. The van der Waals surface area contributed by atoms with Crippen LogP contribution in [0, 0.1) is 5.41 Å². The van der Waals surface area contributed by atoms with Gasteiger partial charge in [0.1, 0.15) is 0 Å². The van der Waals surface area contributed by atoms with Crippen molar-refractivity contribution in [3.63, 3.8) is 0 Å². The molecule has 2 saturated heterocycles. The number of methoxy groups -OCH3 is 1. The Morgan fingerprint density at radius 1 is 1.19 bits per heavy atom. The number of piperidine rings is 1. The molecule has 146 valence electrons. The van der Waals surface area contributed by atoms with Crippen molar-refractivity contribution in [1.29, 1.82) is 0 Å². The van der Waals surface area contributed by atoms with Crippen LogP contribution in [-0.4, -0.2) is 74.6 Å². The van der Waals surface area contributed by atoms with Crippen LogP contribution in [0.15, 0.2) is 24.3 Å². The minimum Gasteiger partial charge on any atom is -0.383 e. The number of para-hydroxylation sites is 1. The van der Waals surface area contributed by atoms with E-state index in [-0.39, 0.29) is 17.2 Å². The third-order valence-electron chi connectivity index (χ3n) is 6.37. The molecule has 2 fully saturated rings. The van der Waals surface area contributed by atoms with Crippen LogP contribution in [0.4, 0.5) is 5.69 Å². The molecule has 0 unspecified atom stereocenters. The summed E-state index contributed by atoms with van der Waals surface area (Å²) in [6.45, 7) is 4.77. The average molecular weight is 371 g/mol. The minimum atomic E-state index is -0.296. The molecule has 2 amide bonds. The predicted molar refractivity (Wildman–Crippen MR) is 104 cm³/mol. The Morgan fingerprint density at radius 3 is 2.89 bits per heavy atom. The molecule has 0 N–H and O–H groups in total. The van der Waals surface area contributed by atoms with E-state index in [0.717, 1.165) is 51.0 Å². The van der Waals surface area contributed by atoms with Gasteiger partial charge in [0.2, 0.25) is 11.8 Å². The molecule has 1 atom stereocenters. The number of ether oxygens (including phenoxy) is 1. The maximum absolute atomic E-state index is 13.1. The first-order chi connectivity index (χ1) is 13.1. The standard InChI is InChI=1S/C21H29N3O3/c1-27-14-13-23-10-4-8-21(20(23)26)9-12-22(16-21)15-19(25)24-11-7-17-5-2-3-6-18(17)24/h2-3,5-6H,4,7-16H2,1H3/t21-/m1/s1. The molecule has 6 heteroatoms. The summed E-state index contributed by atoms with van der Waals surface area (Å²) in [7, 11) is 1.67. The molecular formula is C21H29N3O3. The fourth-order valence-corrected chi connectivity index (χ4v) is 4.91. The maximum Gasteiger partial charge on any atom is 0.241 e. The number of benzene rings is 1. The maximum atomic E-state index is 13.1. The van der Waals surface area contributed by atoms with Gasteiger partial charge in [0.15, 0.2) is 0 Å². The minimum absolute atomic E-state index is 0.150. The van der Waals surface area contributed by atoms with Crippen molar-refractivity contribution in [2.45, 2.75) is 25.7 Å². The first-order valence-electron chi connectivity index (χ1n) is 10.0. The lowest BCUT2D eigenvalue weighted by Gasteiger charge is -2.39. The Labute approximate surface area is 161 Å². The van der Waals surface area contributed by atoms with Gasteiger partial charge >= 0.3 is 0 Å². The number of anilines is 1. The molecule has 4 rings (SSSR count).